The van der Waals surface area contributed by atoms with Crippen LogP contribution in [0, 0.1) is 0 Å². The quantitative estimate of drug-likeness (QED) is 0.0884. The first-order valence-corrected chi connectivity index (χ1v) is 16.7. The summed E-state index contributed by atoms with van der Waals surface area (Å²) in [5.41, 5.74) is 4.47. The highest BCUT2D eigenvalue weighted by atomic mass is 31.3. The second-order valence-electron chi connectivity index (χ2n) is 10.1. The van der Waals surface area contributed by atoms with Crippen molar-refractivity contribution in [2.24, 2.45) is 0 Å². The number of phosphoric acid groups is 1. The Balaban J connectivity index is 1.20. The van der Waals surface area contributed by atoms with E-state index >= 15 is 0 Å². The Labute approximate surface area is 257 Å². The number of ether oxygens (including phenoxy) is 4. The summed E-state index contributed by atoms with van der Waals surface area (Å²) in [5.74, 6) is -0.0267. The highest BCUT2D eigenvalue weighted by Crippen LogP contribution is 2.61. The topological polar surface area (TPSA) is 321 Å². The van der Waals surface area contributed by atoms with Gasteiger partial charge in [-0.25, -0.2) is 13.9 Å². The van der Waals surface area contributed by atoms with Crippen LogP contribution in [-0.2, 0) is 32.2 Å². The monoisotopic (exact) mass is 695 g/mol. The van der Waals surface area contributed by atoms with Crippen molar-refractivity contribution in [3.8, 4) is 5.75 Å². The Morgan fingerprint density at radius 3 is 2.41 bits per heavy atom. The molecule has 0 radical (unpaired) electrons. The van der Waals surface area contributed by atoms with Gasteiger partial charge in [-0.05, 0) is 12.1 Å². The number of aromatic nitrogens is 4. The minimum Gasteiger partial charge on any atom is -0.462 e. The number of para-hydroxylation sites is 1. The van der Waals surface area contributed by atoms with Gasteiger partial charge in [0.15, 0.2) is 23.7 Å². The molecule has 254 valence electrons. The number of hydrogen-bond acceptors (Lipinski definition) is 17. The lowest BCUT2D eigenvalue weighted by Crippen LogP contribution is -2.61. The van der Waals surface area contributed by atoms with Gasteiger partial charge in [-0.2, -0.15) is 4.98 Å². The summed E-state index contributed by atoms with van der Waals surface area (Å²) in [5, 5.41) is 51.2. The van der Waals surface area contributed by atoms with Gasteiger partial charge in [0.1, 0.15) is 42.4 Å². The average molecular weight is 695 g/mol. The van der Waals surface area contributed by atoms with Gasteiger partial charge in [0.05, 0.1) is 25.7 Å². The fraction of sp³-hybridized carbons (Fsp3) is 0.522. The van der Waals surface area contributed by atoms with E-state index < -0.39 is 95.8 Å². The molecule has 10 N–H and O–H groups in total. The number of rotatable bonds is 12. The Morgan fingerprint density at radius 2 is 1.72 bits per heavy atom. The SMILES string of the molecule is Nc1nc2c(ncn2[C@@H]2O[C@H](OP(=O)(O)OP(=O)(O)CCOC3C(O)[C@@H](O)C(CO)O[C@H]3Oc3ccccc3)C(O)C2O)c(=O)[nH]1. The fourth-order valence-corrected chi connectivity index (χ4v) is 7.24. The van der Waals surface area contributed by atoms with Gasteiger partial charge < -0.3 is 60.0 Å². The van der Waals surface area contributed by atoms with E-state index in [1.54, 1.807) is 30.3 Å². The number of aliphatic hydroxyl groups is 5. The first kappa shape index (κ1) is 34.5. The molecule has 23 heteroatoms. The molecule has 0 amide bonds. The molecular weight excluding hydrogens is 664 g/mol. The van der Waals surface area contributed by atoms with Crippen molar-refractivity contribution in [3.05, 3.63) is 47.0 Å². The predicted molar refractivity (Wildman–Crippen MR) is 150 cm³/mol. The van der Waals surface area contributed by atoms with E-state index in [1.807, 2.05) is 0 Å². The number of H-pyrrole nitrogens is 1. The van der Waals surface area contributed by atoms with E-state index in [0.29, 0.717) is 0 Å². The first-order valence-electron chi connectivity index (χ1n) is 13.4. The summed E-state index contributed by atoms with van der Waals surface area (Å²) in [7, 11) is -10.5. The van der Waals surface area contributed by atoms with Gasteiger partial charge in [-0.3, -0.25) is 23.4 Å². The molecule has 5 rings (SSSR count). The van der Waals surface area contributed by atoms with Crippen LogP contribution in [0.5, 0.6) is 5.75 Å². The number of benzene rings is 1. The summed E-state index contributed by atoms with van der Waals surface area (Å²) in [6, 6.07) is 8.10. The van der Waals surface area contributed by atoms with Crippen LogP contribution in [0.4, 0.5) is 5.95 Å². The van der Waals surface area contributed by atoms with Crippen molar-refractivity contribution in [2.45, 2.75) is 55.4 Å². The van der Waals surface area contributed by atoms with Crippen LogP contribution < -0.4 is 16.0 Å². The third kappa shape index (κ3) is 7.48. The number of nitrogens with zero attached hydrogens (tertiary/aromatic N) is 3. The largest absolute Gasteiger partial charge is 0.481 e. The average Bonchev–Trinajstić information content (AvgIpc) is 3.52. The van der Waals surface area contributed by atoms with E-state index in [-0.39, 0.29) is 22.9 Å². The lowest BCUT2D eigenvalue weighted by molar-refractivity contribution is -0.286. The van der Waals surface area contributed by atoms with Crippen LogP contribution in [0.15, 0.2) is 41.5 Å². The lowest BCUT2D eigenvalue weighted by atomic mass is 9.99. The minimum absolute atomic E-state index is 0.161. The molecule has 3 aromatic rings. The number of nitrogens with one attached hydrogen (secondary N) is 1. The summed E-state index contributed by atoms with van der Waals surface area (Å²) in [4.78, 5) is 42.5. The number of imidazole rings is 1. The second-order valence-corrected chi connectivity index (χ2v) is 13.7. The third-order valence-corrected chi connectivity index (χ3v) is 9.96. The van der Waals surface area contributed by atoms with Crippen LogP contribution >= 0.6 is 15.4 Å². The van der Waals surface area contributed by atoms with Gasteiger partial charge in [0.2, 0.25) is 12.2 Å². The van der Waals surface area contributed by atoms with Crippen LogP contribution in [-0.4, -0.2) is 123 Å². The Hall–Kier alpha value is -2.85. The van der Waals surface area contributed by atoms with Crippen LogP contribution in [0.1, 0.15) is 6.23 Å². The van der Waals surface area contributed by atoms with Crippen LogP contribution in [0.3, 0.4) is 0 Å². The molecule has 0 saturated carbocycles. The number of phosphoric ester groups is 1. The normalized spacial score (nSPS) is 32.6. The first-order chi connectivity index (χ1) is 21.7. The molecule has 0 aliphatic carbocycles. The van der Waals surface area contributed by atoms with Gasteiger partial charge in [0, 0.05) is 0 Å². The number of anilines is 1. The maximum atomic E-state index is 12.7. The molecular formula is C23H31N5O16P2. The Bertz CT molecular complexity index is 1660. The number of nitrogen functional groups attached to an aromatic ring is 1. The van der Waals surface area contributed by atoms with Gasteiger partial charge in [0.25, 0.3) is 5.56 Å². The molecule has 4 heterocycles. The van der Waals surface area contributed by atoms with Crippen molar-refractivity contribution < 1.29 is 72.2 Å². The number of fused-ring (bicyclic) bond motifs is 1. The van der Waals surface area contributed by atoms with E-state index in [0.717, 1.165) is 10.9 Å². The molecule has 46 heavy (non-hydrogen) atoms. The van der Waals surface area contributed by atoms with Crippen LogP contribution in [0.2, 0.25) is 0 Å². The maximum Gasteiger partial charge on any atom is 0.481 e. The van der Waals surface area contributed by atoms with Crippen molar-refractivity contribution in [3.63, 3.8) is 0 Å². The Morgan fingerprint density at radius 1 is 1.00 bits per heavy atom. The molecule has 0 bridgehead atoms. The molecule has 11 atom stereocenters. The number of hydrogen-bond donors (Lipinski definition) is 9. The zero-order chi connectivity index (χ0) is 33.4. The van der Waals surface area contributed by atoms with Crippen molar-refractivity contribution >= 4 is 32.5 Å². The highest BCUT2D eigenvalue weighted by Gasteiger charge is 2.50. The second kappa shape index (κ2) is 13.7. The molecule has 2 saturated heterocycles. The van der Waals surface area contributed by atoms with E-state index in [4.69, 9.17) is 29.2 Å². The molecule has 2 aliphatic rings. The van der Waals surface area contributed by atoms with Crippen LogP contribution in [0.25, 0.3) is 11.2 Å². The molecule has 1 aromatic carbocycles. The van der Waals surface area contributed by atoms with Gasteiger partial charge in [-0.1, -0.05) is 18.2 Å². The zero-order valence-electron chi connectivity index (χ0n) is 23.4. The molecule has 2 fully saturated rings. The van der Waals surface area contributed by atoms with E-state index in [2.05, 4.69) is 19.3 Å². The zero-order valence-corrected chi connectivity index (χ0v) is 25.2. The number of nitrogens with two attached hydrogens (primary N) is 1. The maximum absolute atomic E-state index is 12.7. The Kier molecular flexibility index (Phi) is 10.3. The standard InChI is InChI=1S/C23H31N5O16P2/c24-23-26-18-12(19(34)27-23)25-9-28(18)20-15(32)16(33)21(42-20)43-46(37,38)44-45(35,36)7-6-39-17-14(31)13(30)11(8-29)41-22(17)40-10-4-2-1-3-5-10/h1-5,9,11,13-17,20-22,29-33H,6-8H2,(H,35,36)(H,37,38)(H3,24,26,27,34)/t11?,13-,14?,15?,16?,17?,20+,21+,22+/m0/s1. The number of aliphatic hydroxyl groups excluding tert-OH is 5. The van der Waals surface area contributed by atoms with Crippen molar-refractivity contribution in [1.29, 1.82) is 0 Å². The van der Waals surface area contributed by atoms with Crippen molar-refractivity contribution in [2.75, 3.05) is 25.1 Å². The number of aromatic amines is 1. The smallest absolute Gasteiger partial charge is 0.462 e. The summed E-state index contributed by atoms with van der Waals surface area (Å²) in [6.07, 6.45) is -14.8. The highest BCUT2D eigenvalue weighted by molar-refractivity contribution is 7.64. The van der Waals surface area contributed by atoms with E-state index in [1.165, 1.54) is 0 Å². The molecule has 2 aliphatic heterocycles. The summed E-state index contributed by atoms with van der Waals surface area (Å²) in [6.45, 7) is -1.39. The summed E-state index contributed by atoms with van der Waals surface area (Å²) >= 11 is 0. The van der Waals surface area contributed by atoms with E-state index in [9.17, 15) is 49.2 Å². The van der Waals surface area contributed by atoms with Gasteiger partial charge >= 0.3 is 15.4 Å². The fourth-order valence-electron chi connectivity index (χ4n) is 4.69. The predicted octanol–water partition coefficient (Wildman–Crippen LogP) is -2.50. The lowest BCUT2D eigenvalue weighted by Gasteiger charge is -2.41. The molecule has 2 aromatic heterocycles. The summed E-state index contributed by atoms with van der Waals surface area (Å²) < 4.78 is 57.5. The molecule has 0 spiro atoms. The van der Waals surface area contributed by atoms with Gasteiger partial charge in [-0.15, -0.1) is 0 Å². The third-order valence-electron chi connectivity index (χ3n) is 6.89. The molecule has 7 unspecified atom stereocenters. The molecule has 21 nitrogen and oxygen atoms in total. The van der Waals surface area contributed by atoms with Crippen molar-refractivity contribution in [1.82, 2.24) is 19.5 Å². The minimum atomic E-state index is -5.51.